The molecular weight excluding hydrogens is 308 g/mol. The Balaban J connectivity index is 2.16. The molecule has 0 unspecified atom stereocenters. The lowest BCUT2D eigenvalue weighted by atomic mass is 10.00. The zero-order chi connectivity index (χ0) is 17.0. The molecule has 3 N–H and O–H groups in total. The second-order valence-electron chi connectivity index (χ2n) is 6.09. The van der Waals surface area contributed by atoms with Crippen LogP contribution in [0.5, 0.6) is 5.75 Å². The third kappa shape index (κ3) is 1.83. The van der Waals surface area contributed by atoms with Gasteiger partial charge in [-0.05, 0) is 25.3 Å². The van der Waals surface area contributed by atoms with Gasteiger partial charge < -0.3 is 19.8 Å². The summed E-state index contributed by atoms with van der Waals surface area (Å²) < 4.78 is 2.10. The molecule has 3 aromatic rings. The molecule has 0 bridgehead atoms. The van der Waals surface area contributed by atoms with Crippen molar-refractivity contribution in [1.82, 2.24) is 9.55 Å². The smallest absolute Gasteiger partial charge is 0.345 e. The number of fused-ring (bicyclic) bond motifs is 5. The van der Waals surface area contributed by atoms with Gasteiger partial charge in [0.2, 0.25) is 0 Å². The number of benzene rings is 1. The number of carbonyl (C=O) groups is 1. The van der Waals surface area contributed by atoms with E-state index in [0.717, 1.165) is 35.0 Å². The van der Waals surface area contributed by atoms with Crippen LogP contribution in [0.25, 0.3) is 22.2 Å². The molecule has 4 rings (SSSR count). The molecule has 0 spiro atoms. The van der Waals surface area contributed by atoms with Crippen molar-refractivity contribution in [3.63, 3.8) is 0 Å². The molecule has 0 fully saturated rings. The van der Waals surface area contributed by atoms with E-state index in [1.54, 1.807) is 0 Å². The second kappa shape index (κ2) is 4.99. The molecule has 1 aromatic carbocycles. The summed E-state index contributed by atoms with van der Waals surface area (Å²) in [6, 6.07) is 7.87. The fourth-order valence-electron chi connectivity index (χ4n) is 3.73. The Hall–Kier alpha value is -3.02. The first-order valence-corrected chi connectivity index (χ1v) is 7.78. The maximum absolute atomic E-state index is 12.2. The molecule has 6 nitrogen and oxygen atoms in total. The monoisotopic (exact) mass is 324 g/mol. The van der Waals surface area contributed by atoms with Crippen LogP contribution >= 0.6 is 0 Å². The normalized spacial score (nSPS) is 13.4. The average molecular weight is 324 g/mol. The molecule has 0 radical (unpaired) electrons. The average Bonchev–Trinajstić information content (AvgIpc) is 2.70. The van der Waals surface area contributed by atoms with Crippen molar-refractivity contribution < 1.29 is 15.0 Å². The maximum atomic E-state index is 12.2. The van der Waals surface area contributed by atoms with Crippen molar-refractivity contribution in [2.75, 3.05) is 0 Å². The van der Waals surface area contributed by atoms with Gasteiger partial charge in [0.05, 0.1) is 5.69 Å². The summed E-state index contributed by atoms with van der Waals surface area (Å²) in [5.74, 6) is -1.83. The number of nitrogens with zero attached hydrogens (tertiary/aromatic N) is 1. The van der Waals surface area contributed by atoms with Crippen molar-refractivity contribution in [3.8, 4) is 17.0 Å². The molecule has 0 saturated heterocycles. The molecule has 6 heteroatoms. The van der Waals surface area contributed by atoms with Crippen molar-refractivity contribution >= 4 is 16.9 Å². The first kappa shape index (κ1) is 14.6. The Kier molecular flexibility index (Phi) is 3.03. The second-order valence-corrected chi connectivity index (χ2v) is 6.09. The standard InChI is InChI=1S/C18H16N2O4/c1-20-11-7-3-2-5-9(11)13-12(20)8-4-6-10-15(13)19-17(22)14(16(10)21)18(23)24/h2-3,5,7H,4,6,8H2,1H3,(H,23,24)(H2,19,21,22). The van der Waals surface area contributed by atoms with Crippen LogP contribution < -0.4 is 5.56 Å². The van der Waals surface area contributed by atoms with E-state index >= 15 is 0 Å². The number of pyridine rings is 1. The Morgan fingerprint density at radius 2 is 2.00 bits per heavy atom. The minimum absolute atomic E-state index is 0.415. The zero-order valence-corrected chi connectivity index (χ0v) is 13.1. The number of H-pyrrole nitrogens is 1. The van der Waals surface area contributed by atoms with E-state index in [4.69, 9.17) is 0 Å². The topological polar surface area (TPSA) is 95.3 Å². The van der Waals surface area contributed by atoms with E-state index < -0.39 is 22.8 Å². The molecular formula is C18H16N2O4. The lowest BCUT2D eigenvalue weighted by Gasteiger charge is -2.11. The van der Waals surface area contributed by atoms with Gasteiger partial charge in [-0.2, -0.15) is 0 Å². The largest absolute Gasteiger partial charge is 0.506 e. The molecule has 2 aromatic heterocycles. The Bertz CT molecular complexity index is 1060. The lowest BCUT2D eigenvalue weighted by Crippen LogP contribution is -2.19. The number of aromatic hydroxyl groups is 1. The fraction of sp³-hybridized carbons (Fsp3) is 0.222. The van der Waals surface area contributed by atoms with Crippen LogP contribution in [0.15, 0.2) is 29.1 Å². The number of aromatic nitrogens is 2. The Labute approximate surface area is 137 Å². The minimum Gasteiger partial charge on any atom is -0.506 e. The van der Waals surface area contributed by atoms with Crippen LogP contribution in [0.3, 0.4) is 0 Å². The van der Waals surface area contributed by atoms with Gasteiger partial charge in [-0.25, -0.2) is 4.79 Å². The molecule has 2 heterocycles. The van der Waals surface area contributed by atoms with Crippen LogP contribution in [0, 0.1) is 0 Å². The van der Waals surface area contributed by atoms with Gasteiger partial charge in [-0.15, -0.1) is 0 Å². The minimum atomic E-state index is -1.42. The van der Waals surface area contributed by atoms with Gasteiger partial charge in [-0.3, -0.25) is 4.79 Å². The summed E-state index contributed by atoms with van der Waals surface area (Å²) >= 11 is 0. The molecule has 122 valence electrons. The molecule has 0 amide bonds. The van der Waals surface area contributed by atoms with Crippen LogP contribution in [-0.2, 0) is 19.9 Å². The highest BCUT2D eigenvalue weighted by atomic mass is 16.4. The third-order valence-corrected chi connectivity index (χ3v) is 4.82. The molecule has 1 aliphatic rings. The molecule has 0 atom stereocenters. The number of carboxylic acid groups (broad SMARTS) is 1. The molecule has 1 aliphatic carbocycles. The fourth-order valence-corrected chi connectivity index (χ4v) is 3.73. The van der Waals surface area contributed by atoms with Crippen molar-refractivity contribution in [1.29, 1.82) is 0 Å². The van der Waals surface area contributed by atoms with Crippen LogP contribution in [0.2, 0.25) is 0 Å². The number of para-hydroxylation sites is 1. The third-order valence-electron chi connectivity index (χ3n) is 4.82. The Morgan fingerprint density at radius 3 is 2.75 bits per heavy atom. The van der Waals surface area contributed by atoms with E-state index in [9.17, 15) is 19.8 Å². The highest BCUT2D eigenvalue weighted by molar-refractivity contribution is 5.99. The highest BCUT2D eigenvalue weighted by Gasteiger charge is 2.28. The van der Waals surface area contributed by atoms with Gasteiger partial charge in [-0.1, -0.05) is 18.2 Å². The first-order chi connectivity index (χ1) is 11.5. The summed E-state index contributed by atoms with van der Waals surface area (Å²) in [5.41, 5.74) is 2.67. The Morgan fingerprint density at radius 1 is 1.25 bits per heavy atom. The summed E-state index contributed by atoms with van der Waals surface area (Å²) in [7, 11) is 1.98. The number of rotatable bonds is 1. The van der Waals surface area contributed by atoms with E-state index in [1.165, 1.54) is 0 Å². The first-order valence-electron chi connectivity index (χ1n) is 7.78. The van der Waals surface area contributed by atoms with Gasteiger partial charge >= 0.3 is 5.97 Å². The van der Waals surface area contributed by atoms with Crippen molar-refractivity contribution in [2.24, 2.45) is 7.05 Å². The zero-order valence-electron chi connectivity index (χ0n) is 13.1. The van der Waals surface area contributed by atoms with Crippen LogP contribution in [-0.4, -0.2) is 25.7 Å². The number of aromatic carboxylic acids is 1. The summed E-state index contributed by atoms with van der Waals surface area (Å²) in [6.07, 6.45) is 2.07. The number of nitrogens with one attached hydrogen (secondary N) is 1. The van der Waals surface area contributed by atoms with Crippen molar-refractivity contribution in [2.45, 2.75) is 19.3 Å². The van der Waals surface area contributed by atoms with E-state index in [2.05, 4.69) is 9.55 Å². The highest BCUT2D eigenvalue weighted by Crippen LogP contribution is 2.40. The predicted molar refractivity (Wildman–Crippen MR) is 89.6 cm³/mol. The predicted octanol–water partition coefficient (Wildman–Crippen LogP) is 2.43. The van der Waals surface area contributed by atoms with E-state index in [0.29, 0.717) is 17.7 Å². The number of carboxylic acids is 1. The number of hydrogen-bond donors (Lipinski definition) is 3. The molecule has 24 heavy (non-hydrogen) atoms. The van der Waals surface area contributed by atoms with Crippen LogP contribution in [0.1, 0.15) is 28.0 Å². The maximum Gasteiger partial charge on any atom is 0.345 e. The number of aryl methyl sites for hydroxylation is 1. The van der Waals surface area contributed by atoms with Gasteiger partial charge in [0, 0.05) is 34.8 Å². The van der Waals surface area contributed by atoms with E-state index in [-0.39, 0.29) is 0 Å². The number of aromatic amines is 1. The summed E-state index contributed by atoms with van der Waals surface area (Å²) in [6.45, 7) is 0. The molecule has 0 aliphatic heterocycles. The summed E-state index contributed by atoms with van der Waals surface area (Å²) in [4.78, 5) is 26.2. The SMILES string of the molecule is Cn1c2c(c3ccccc31)-c1[nH]c(=O)c(C(=O)O)c(O)c1CCC2. The molecule has 0 saturated carbocycles. The van der Waals surface area contributed by atoms with Crippen molar-refractivity contribution in [3.05, 3.63) is 51.4 Å². The number of hydrogen-bond acceptors (Lipinski definition) is 3. The van der Waals surface area contributed by atoms with E-state index in [1.807, 2.05) is 31.3 Å². The van der Waals surface area contributed by atoms with Gasteiger partial charge in [0.1, 0.15) is 5.75 Å². The van der Waals surface area contributed by atoms with Crippen LogP contribution in [0.4, 0.5) is 0 Å². The quantitative estimate of drug-likeness (QED) is 0.640. The lowest BCUT2D eigenvalue weighted by molar-refractivity contribution is 0.0691. The summed E-state index contributed by atoms with van der Waals surface area (Å²) in [5, 5.41) is 20.6. The van der Waals surface area contributed by atoms with Gasteiger partial charge in [0.15, 0.2) is 5.56 Å². The van der Waals surface area contributed by atoms with Gasteiger partial charge in [0.25, 0.3) is 5.56 Å².